The number of anilines is 1. The minimum atomic E-state index is 0.492. The number of aromatic nitrogens is 4. The minimum Gasteiger partial charge on any atom is -0.352 e. The molecule has 0 aromatic carbocycles. The van der Waals surface area contributed by atoms with Crippen LogP contribution in [-0.4, -0.2) is 51.4 Å². The predicted octanol–water partition coefficient (Wildman–Crippen LogP) is 1.37. The van der Waals surface area contributed by atoms with Gasteiger partial charge in [0.1, 0.15) is 0 Å². The molecule has 1 saturated heterocycles. The summed E-state index contributed by atoms with van der Waals surface area (Å²) in [5.41, 5.74) is 2.59. The maximum atomic E-state index is 5.02. The van der Waals surface area contributed by atoms with Gasteiger partial charge >= 0.3 is 0 Å². The van der Waals surface area contributed by atoms with E-state index in [9.17, 15) is 0 Å². The number of hydrogen-bond donors (Lipinski definition) is 0. The summed E-state index contributed by atoms with van der Waals surface area (Å²) in [6, 6.07) is 2.73. The molecule has 2 aromatic heterocycles. The van der Waals surface area contributed by atoms with E-state index in [2.05, 4.69) is 43.3 Å². The highest BCUT2D eigenvalue weighted by molar-refractivity contribution is 5.45. The molecule has 23 heavy (non-hydrogen) atoms. The maximum Gasteiger partial charge on any atom is 0.223 e. The Morgan fingerprint density at radius 3 is 2.87 bits per heavy atom. The maximum absolute atomic E-state index is 5.02. The third-order valence-corrected chi connectivity index (χ3v) is 4.83. The molecule has 0 bridgehead atoms. The number of nitrogens with zero attached hydrogens (tertiary/aromatic N) is 6. The zero-order valence-electron chi connectivity index (χ0n) is 13.7. The first-order valence-corrected chi connectivity index (χ1v) is 8.29. The van der Waals surface area contributed by atoms with Crippen LogP contribution in [0.25, 0.3) is 0 Å². The van der Waals surface area contributed by atoms with Gasteiger partial charge in [-0.1, -0.05) is 5.16 Å². The zero-order chi connectivity index (χ0) is 15.8. The van der Waals surface area contributed by atoms with Gasteiger partial charge in [-0.05, 0) is 44.4 Å². The van der Waals surface area contributed by atoms with E-state index < -0.39 is 0 Å². The standard InChI is InChI=1S/C16H22N6O/c1-11-17-15(20-23-11)10-21(2)13-8-22(9-13)16-7-12-5-3-4-6-14(12)18-19-16/h7,13H,3-6,8-10H2,1-2H3. The molecule has 0 spiro atoms. The average molecular weight is 314 g/mol. The van der Waals surface area contributed by atoms with Crippen LogP contribution in [0.15, 0.2) is 10.6 Å². The third kappa shape index (κ3) is 2.93. The number of hydrogen-bond acceptors (Lipinski definition) is 7. The summed E-state index contributed by atoms with van der Waals surface area (Å²) in [4.78, 5) is 8.83. The van der Waals surface area contributed by atoms with Crippen molar-refractivity contribution in [2.75, 3.05) is 25.0 Å². The van der Waals surface area contributed by atoms with Gasteiger partial charge in [0.15, 0.2) is 11.6 Å². The van der Waals surface area contributed by atoms with Gasteiger partial charge in [0, 0.05) is 26.1 Å². The Kier molecular flexibility index (Phi) is 3.72. The zero-order valence-corrected chi connectivity index (χ0v) is 13.7. The van der Waals surface area contributed by atoms with E-state index in [4.69, 9.17) is 4.52 Å². The monoisotopic (exact) mass is 314 g/mol. The molecule has 2 aromatic rings. The Bertz CT molecular complexity index is 694. The summed E-state index contributed by atoms with van der Waals surface area (Å²) in [6.07, 6.45) is 4.74. The van der Waals surface area contributed by atoms with E-state index in [1.807, 2.05) is 6.92 Å². The van der Waals surface area contributed by atoms with Crippen LogP contribution < -0.4 is 4.90 Å². The fraction of sp³-hybridized carbons (Fsp3) is 0.625. The molecule has 7 nitrogen and oxygen atoms in total. The third-order valence-electron chi connectivity index (χ3n) is 4.83. The highest BCUT2D eigenvalue weighted by Gasteiger charge is 2.32. The average Bonchev–Trinajstić information content (AvgIpc) is 2.90. The second kappa shape index (κ2) is 5.88. The molecule has 1 aliphatic heterocycles. The van der Waals surface area contributed by atoms with Crippen LogP contribution in [0.2, 0.25) is 0 Å². The molecule has 7 heteroatoms. The lowest BCUT2D eigenvalue weighted by Gasteiger charge is -2.44. The second-order valence-corrected chi connectivity index (χ2v) is 6.59. The van der Waals surface area contributed by atoms with E-state index in [0.29, 0.717) is 18.5 Å². The molecular weight excluding hydrogens is 292 g/mol. The first kappa shape index (κ1) is 14.6. The van der Waals surface area contributed by atoms with Gasteiger partial charge in [-0.2, -0.15) is 10.1 Å². The largest absolute Gasteiger partial charge is 0.352 e. The lowest BCUT2D eigenvalue weighted by atomic mass is 9.96. The van der Waals surface area contributed by atoms with Crippen molar-refractivity contribution < 1.29 is 4.52 Å². The molecule has 0 N–H and O–H groups in total. The van der Waals surface area contributed by atoms with Crippen molar-refractivity contribution in [3.63, 3.8) is 0 Å². The summed E-state index contributed by atoms with van der Waals surface area (Å²) >= 11 is 0. The van der Waals surface area contributed by atoms with E-state index in [1.54, 1.807) is 0 Å². The van der Waals surface area contributed by atoms with Crippen molar-refractivity contribution >= 4 is 5.82 Å². The first-order valence-electron chi connectivity index (χ1n) is 8.29. The van der Waals surface area contributed by atoms with Crippen LogP contribution in [0.1, 0.15) is 35.8 Å². The van der Waals surface area contributed by atoms with Gasteiger partial charge in [0.25, 0.3) is 0 Å². The normalized spacial score (nSPS) is 18.1. The smallest absolute Gasteiger partial charge is 0.223 e. The van der Waals surface area contributed by atoms with Crippen LogP contribution in [0.3, 0.4) is 0 Å². The molecule has 0 amide bonds. The van der Waals surface area contributed by atoms with E-state index in [1.165, 1.54) is 24.1 Å². The number of fused-ring (bicyclic) bond motifs is 1. The molecule has 0 saturated carbocycles. The number of rotatable bonds is 4. The van der Waals surface area contributed by atoms with Gasteiger partial charge in [-0.15, -0.1) is 5.10 Å². The van der Waals surface area contributed by atoms with Crippen molar-refractivity contribution in [1.82, 2.24) is 25.2 Å². The molecule has 122 valence electrons. The van der Waals surface area contributed by atoms with Gasteiger partial charge in [0.2, 0.25) is 5.89 Å². The number of likely N-dealkylation sites (N-methyl/N-ethyl adjacent to an activating group) is 1. The van der Waals surface area contributed by atoms with Crippen molar-refractivity contribution in [1.29, 1.82) is 0 Å². The predicted molar refractivity (Wildman–Crippen MR) is 85.2 cm³/mol. The highest BCUT2D eigenvalue weighted by Crippen LogP contribution is 2.26. The minimum absolute atomic E-state index is 0.492. The molecule has 3 heterocycles. The van der Waals surface area contributed by atoms with E-state index in [-0.39, 0.29) is 0 Å². The molecular formula is C16H22N6O. The highest BCUT2D eigenvalue weighted by atomic mass is 16.5. The lowest BCUT2D eigenvalue weighted by molar-refractivity contribution is 0.190. The van der Waals surface area contributed by atoms with Gasteiger partial charge in [-0.25, -0.2) is 0 Å². The first-order chi connectivity index (χ1) is 11.2. The second-order valence-electron chi connectivity index (χ2n) is 6.59. The summed E-state index contributed by atoms with van der Waals surface area (Å²) in [5, 5.41) is 12.8. The van der Waals surface area contributed by atoms with Gasteiger partial charge in [0.05, 0.1) is 12.2 Å². The molecule has 1 fully saturated rings. The fourth-order valence-corrected chi connectivity index (χ4v) is 3.31. The van der Waals surface area contributed by atoms with Crippen LogP contribution in [0.5, 0.6) is 0 Å². The van der Waals surface area contributed by atoms with Crippen molar-refractivity contribution in [2.24, 2.45) is 0 Å². The Morgan fingerprint density at radius 2 is 2.09 bits per heavy atom. The molecule has 1 aliphatic carbocycles. The topological polar surface area (TPSA) is 71.2 Å². The van der Waals surface area contributed by atoms with Crippen molar-refractivity contribution in [3.8, 4) is 0 Å². The Morgan fingerprint density at radius 1 is 1.26 bits per heavy atom. The lowest BCUT2D eigenvalue weighted by Crippen LogP contribution is -2.58. The molecule has 0 atom stereocenters. The fourth-order valence-electron chi connectivity index (χ4n) is 3.31. The molecule has 2 aliphatic rings. The summed E-state index contributed by atoms with van der Waals surface area (Å²) in [7, 11) is 2.10. The Hall–Kier alpha value is -2.02. The van der Waals surface area contributed by atoms with Gasteiger partial charge in [-0.3, -0.25) is 4.90 Å². The van der Waals surface area contributed by atoms with Crippen LogP contribution in [0, 0.1) is 6.92 Å². The van der Waals surface area contributed by atoms with Crippen LogP contribution in [0.4, 0.5) is 5.82 Å². The summed E-state index contributed by atoms with van der Waals surface area (Å²) in [6.45, 7) is 4.48. The van der Waals surface area contributed by atoms with Crippen molar-refractivity contribution in [3.05, 3.63) is 29.0 Å². The van der Waals surface area contributed by atoms with Crippen LogP contribution in [-0.2, 0) is 19.4 Å². The molecule has 0 unspecified atom stereocenters. The molecule has 0 radical (unpaired) electrons. The number of aryl methyl sites for hydroxylation is 3. The summed E-state index contributed by atoms with van der Waals surface area (Å²) in [5.74, 6) is 2.38. The SMILES string of the molecule is Cc1nc(CN(C)C2CN(c3cc4c(nn3)CCCC4)C2)no1. The van der Waals surface area contributed by atoms with E-state index >= 15 is 0 Å². The molecule has 4 rings (SSSR count). The van der Waals surface area contributed by atoms with E-state index in [0.717, 1.165) is 37.6 Å². The van der Waals surface area contributed by atoms with Crippen LogP contribution >= 0.6 is 0 Å². The van der Waals surface area contributed by atoms with Gasteiger partial charge < -0.3 is 9.42 Å². The van der Waals surface area contributed by atoms with Crippen molar-refractivity contribution in [2.45, 2.75) is 45.2 Å². The Balaban J connectivity index is 1.35. The summed E-state index contributed by atoms with van der Waals surface area (Å²) < 4.78 is 5.02. The quantitative estimate of drug-likeness (QED) is 0.844. The Labute approximate surface area is 135 Å².